The van der Waals surface area contributed by atoms with E-state index in [4.69, 9.17) is 14.2 Å². The normalized spacial score (nSPS) is 17.0. The lowest BCUT2D eigenvalue weighted by Crippen LogP contribution is -2.40. The third-order valence-corrected chi connectivity index (χ3v) is 7.56. The second-order valence-corrected chi connectivity index (χ2v) is 9.76. The summed E-state index contributed by atoms with van der Waals surface area (Å²) in [4.78, 5) is 22.8. The highest BCUT2D eigenvalue weighted by molar-refractivity contribution is 7.89. The Labute approximate surface area is 193 Å². The molecule has 0 bridgehead atoms. The van der Waals surface area contributed by atoms with Gasteiger partial charge in [-0.15, -0.1) is 0 Å². The number of hydrogen-bond donors (Lipinski definition) is 0. The fraction of sp³-hybridized carbons (Fsp3) is 0.381. The molecule has 0 aromatic heterocycles. The summed E-state index contributed by atoms with van der Waals surface area (Å²) in [6, 6.07) is 4.96. The third-order valence-electron chi connectivity index (χ3n) is 5.67. The smallest absolute Gasteiger partial charge is 0.309 e. The molecule has 10 nitrogen and oxygen atoms in total. The molecule has 0 unspecified atom stereocenters. The number of sulfonamides is 1. The van der Waals surface area contributed by atoms with Crippen molar-refractivity contribution in [2.75, 3.05) is 19.9 Å². The number of piperidine rings is 1. The maximum Gasteiger partial charge on any atom is 0.309 e. The number of nitrogens with zero attached hydrogens (tertiary/aromatic N) is 2. The molecule has 2 aliphatic rings. The quantitative estimate of drug-likeness (QED) is 0.338. The Morgan fingerprint density at radius 1 is 1.18 bits per heavy atom. The molecule has 1 saturated heterocycles. The molecule has 0 saturated carbocycles. The van der Waals surface area contributed by atoms with Crippen molar-refractivity contribution in [3.8, 4) is 5.75 Å². The fourth-order valence-corrected chi connectivity index (χ4v) is 5.36. The minimum absolute atomic E-state index is 0.00620. The van der Waals surface area contributed by atoms with E-state index in [0.717, 1.165) is 16.4 Å². The number of ether oxygens (including phenoxy) is 3. The maximum atomic E-state index is 13.5. The molecule has 182 valence electrons. The largest absolute Gasteiger partial charge is 0.467 e. The van der Waals surface area contributed by atoms with Crippen LogP contribution < -0.4 is 4.74 Å². The van der Waals surface area contributed by atoms with Gasteiger partial charge in [0.05, 0.1) is 22.3 Å². The van der Waals surface area contributed by atoms with E-state index in [1.807, 2.05) is 0 Å². The second-order valence-electron chi connectivity index (χ2n) is 7.82. The van der Waals surface area contributed by atoms with Gasteiger partial charge in [0.1, 0.15) is 12.4 Å². The average molecular weight is 498 g/mol. The zero-order chi connectivity index (χ0) is 24.5. The highest BCUT2D eigenvalue weighted by atomic mass is 32.2. The minimum atomic E-state index is -4.05. The lowest BCUT2D eigenvalue weighted by molar-refractivity contribution is -0.385. The molecular weight excluding hydrogens is 478 g/mol. The number of nitro groups is 1. The van der Waals surface area contributed by atoms with Crippen molar-refractivity contribution in [1.29, 1.82) is 0 Å². The molecule has 1 fully saturated rings. The number of rotatable bonds is 6. The first kappa shape index (κ1) is 24.0. The number of carbonyl (C=O) groups is 1. The van der Waals surface area contributed by atoms with Crippen molar-refractivity contribution in [2.45, 2.75) is 31.0 Å². The number of non-ortho nitro benzene ring substituents is 1. The number of hydrogen-bond acceptors (Lipinski definition) is 8. The molecule has 2 aliphatic heterocycles. The fourth-order valence-electron chi connectivity index (χ4n) is 3.88. The zero-order valence-electron chi connectivity index (χ0n) is 17.7. The number of fused-ring (bicyclic) bond motifs is 1. The molecule has 2 heterocycles. The van der Waals surface area contributed by atoms with Gasteiger partial charge in [-0.1, -0.05) is 0 Å². The van der Waals surface area contributed by atoms with Crippen LogP contribution in [0.5, 0.6) is 5.75 Å². The zero-order valence-corrected chi connectivity index (χ0v) is 18.6. The van der Waals surface area contributed by atoms with Gasteiger partial charge in [-0.25, -0.2) is 17.2 Å². The summed E-state index contributed by atoms with van der Waals surface area (Å²) in [5.41, 5.74) is 0.621. The van der Waals surface area contributed by atoms with Crippen LogP contribution in [0.2, 0.25) is 0 Å². The summed E-state index contributed by atoms with van der Waals surface area (Å²) in [7, 11) is -4.05. The molecule has 2 aromatic rings. The van der Waals surface area contributed by atoms with E-state index < -0.39 is 38.5 Å². The topological polar surface area (TPSA) is 125 Å². The van der Waals surface area contributed by atoms with Gasteiger partial charge in [0.25, 0.3) is 5.69 Å². The van der Waals surface area contributed by atoms with Crippen LogP contribution in [0.3, 0.4) is 0 Å². The first-order chi connectivity index (χ1) is 16.2. The summed E-state index contributed by atoms with van der Waals surface area (Å²) in [5, 5.41) is 11.2. The van der Waals surface area contributed by atoms with Crippen LogP contribution >= 0.6 is 0 Å². The van der Waals surface area contributed by atoms with Gasteiger partial charge >= 0.3 is 5.97 Å². The van der Waals surface area contributed by atoms with Crippen molar-refractivity contribution in [3.63, 3.8) is 0 Å². The van der Waals surface area contributed by atoms with Gasteiger partial charge in [-0.3, -0.25) is 14.9 Å². The second kappa shape index (κ2) is 9.60. The van der Waals surface area contributed by atoms with Crippen LogP contribution in [0.25, 0.3) is 0 Å². The van der Waals surface area contributed by atoms with E-state index in [1.165, 1.54) is 12.1 Å². The molecule has 0 N–H and O–H groups in total. The highest BCUT2D eigenvalue weighted by Gasteiger charge is 2.33. The third kappa shape index (κ3) is 4.86. The molecule has 4 rings (SSSR count). The molecule has 0 radical (unpaired) electrons. The lowest BCUT2D eigenvalue weighted by Gasteiger charge is -2.30. The predicted molar refractivity (Wildman–Crippen MR) is 111 cm³/mol. The lowest BCUT2D eigenvalue weighted by atomic mass is 9.98. The molecule has 13 heteroatoms. The van der Waals surface area contributed by atoms with Crippen molar-refractivity contribution in [2.24, 2.45) is 5.92 Å². The Morgan fingerprint density at radius 2 is 1.91 bits per heavy atom. The molecular formula is C21H20F2N2O8S. The summed E-state index contributed by atoms with van der Waals surface area (Å²) >= 11 is 0. The summed E-state index contributed by atoms with van der Waals surface area (Å²) < 4.78 is 69.0. The Morgan fingerprint density at radius 3 is 2.59 bits per heavy atom. The monoisotopic (exact) mass is 498 g/mol. The Balaban J connectivity index is 1.39. The molecule has 0 atom stereocenters. The predicted octanol–water partition coefficient (Wildman–Crippen LogP) is 2.88. The number of halogens is 2. The van der Waals surface area contributed by atoms with E-state index in [9.17, 15) is 32.1 Å². The molecule has 0 spiro atoms. The number of esters is 1. The Hall–Kier alpha value is -3.16. The Bertz CT molecular complexity index is 1230. The maximum absolute atomic E-state index is 13.5. The van der Waals surface area contributed by atoms with Crippen molar-refractivity contribution < 1.29 is 41.1 Å². The number of carbonyl (C=O) groups excluding carboxylic acids is 1. The van der Waals surface area contributed by atoms with E-state index in [-0.39, 0.29) is 56.5 Å². The summed E-state index contributed by atoms with van der Waals surface area (Å²) in [5.74, 6) is -3.20. The van der Waals surface area contributed by atoms with E-state index >= 15 is 0 Å². The first-order valence-electron chi connectivity index (χ1n) is 10.3. The molecule has 34 heavy (non-hydrogen) atoms. The van der Waals surface area contributed by atoms with Gasteiger partial charge in [-0.2, -0.15) is 4.31 Å². The van der Waals surface area contributed by atoms with Crippen molar-refractivity contribution in [3.05, 3.63) is 63.2 Å². The van der Waals surface area contributed by atoms with Crippen molar-refractivity contribution in [1.82, 2.24) is 4.31 Å². The van der Waals surface area contributed by atoms with Gasteiger partial charge in [0.2, 0.25) is 10.0 Å². The summed E-state index contributed by atoms with van der Waals surface area (Å²) in [6.07, 6.45) is 0.332. The first-order valence-corrected chi connectivity index (χ1v) is 11.7. The van der Waals surface area contributed by atoms with Crippen LogP contribution in [0.1, 0.15) is 24.0 Å². The van der Waals surface area contributed by atoms with Crippen molar-refractivity contribution >= 4 is 21.7 Å². The van der Waals surface area contributed by atoms with Gasteiger partial charge in [-0.05, 0) is 31.0 Å². The van der Waals surface area contributed by atoms with E-state index in [1.54, 1.807) is 0 Å². The summed E-state index contributed by atoms with van der Waals surface area (Å²) in [6.45, 7) is -0.169. The van der Waals surface area contributed by atoms with Crippen LogP contribution in [-0.2, 0) is 37.5 Å². The van der Waals surface area contributed by atoms with Crippen LogP contribution in [0, 0.1) is 27.7 Å². The van der Waals surface area contributed by atoms with Crippen LogP contribution in [-0.4, -0.2) is 43.5 Å². The van der Waals surface area contributed by atoms with E-state index in [0.29, 0.717) is 22.9 Å². The number of nitro benzene ring substituents is 1. The van der Waals surface area contributed by atoms with Gasteiger partial charge in [0.15, 0.2) is 18.4 Å². The van der Waals surface area contributed by atoms with Gasteiger partial charge < -0.3 is 14.2 Å². The van der Waals surface area contributed by atoms with Gasteiger partial charge in [0, 0.05) is 36.3 Å². The van der Waals surface area contributed by atoms with E-state index in [2.05, 4.69) is 0 Å². The standard InChI is InChI=1S/C21H20F2N2O8S/c22-18-2-1-17(9-19(18)23)34(29,30)24-5-3-13(4-6-24)21(26)32-11-15-8-16(25(27)28)7-14-10-31-12-33-20(14)15/h1-2,7-9,13H,3-6,10-12H2. The Kier molecular flexibility index (Phi) is 6.77. The number of benzene rings is 2. The molecule has 0 aliphatic carbocycles. The van der Waals surface area contributed by atoms with Crippen LogP contribution in [0.4, 0.5) is 14.5 Å². The SMILES string of the molecule is O=C(OCc1cc([N+](=O)[O-])cc2c1OCOC2)C1CCN(S(=O)(=O)c2ccc(F)c(F)c2)CC1. The molecule has 2 aromatic carbocycles. The molecule has 0 amide bonds. The highest BCUT2D eigenvalue weighted by Crippen LogP contribution is 2.33. The average Bonchev–Trinajstić information content (AvgIpc) is 2.83. The van der Waals surface area contributed by atoms with Crippen LogP contribution in [0.15, 0.2) is 35.2 Å². The minimum Gasteiger partial charge on any atom is -0.467 e.